The predicted molar refractivity (Wildman–Crippen MR) is 163 cm³/mol. The maximum absolute atomic E-state index is 13.7. The molecule has 238 valence electrons. The minimum Gasteiger partial charge on any atom is -0.463 e. The van der Waals surface area contributed by atoms with Crippen LogP contribution in [0.15, 0.2) is 47.1 Å². The number of hydrogen-bond acceptors (Lipinski definition) is 8. The van der Waals surface area contributed by atoms with Crippen LogP contribution in [0, 0.1) is 46.3 Å². The Hall–Kier alpha value is -2.71. The van der Waals surface area contributed by atoms with Gasteiger partial charge in [-0.05, 0) is 86.2 Å². The molecule has 1 spiro atoms. The third kappa shape index (κ3) is 4.33. The van der Waals surface area contributed by atoms with Crippen LogP contribution >= 0.6 is 0 Å². The van der Waals surface area contributed by atoms with Crippen molar-refractivity contribution in [2.24, 2.45) is 51.5 Å². The van der Waals surface area contributed by atoms with Crippen LogP contribution in [-0.4, -0.2) is 53.6 Å². The molecule has 0 radical (unpaired) electrons. The molecule has 4 aliphatic carbocycles. The van der Waals surface area contributed by atoms with Crippen LogP contribution in [0.5, 0.6) is 0 Å². The molecule has 0 amide bonds. The van der Waals surface area contributed by atoms with E-state index in [0.29, 0.717) is 42.1 Å². The van der Waals surface area contributed by atoms with Crippen LogP contribution in [-0.2, 0) is 23.7 Å². The van der Waals surface area contributed by atoms with Crippen LogP contribution in [0.3, 0.4) is 0 Å². The van der Waals surface area contributed by atoms with Crippen molar-refractivity contribution < 1.29 is 33.7 Å². The first-order valence-corrected chi connectivity index (χ1v) is 16.7. The van der Waals surface area contributed by atoms with E-state index in [0.717, 1.165) is 38.5 Å². The molecular formula is C36H47NO7. The fraction of sp³-hybridized carbons (Fsp3) is 0.694. The second-order valence-electron chi connectivity index (χ2n) is 15.1. The van der Waals surface area contributed by atoms with Crippen LogP contribution < -0.4 is 0 Å². The second kappa shape index (κ2) is 10.7. The van der Waals surface area contributed by atoms with E-state index < -0.39 is 11.2 Å². The van der Waals surface area contributed by atoms with Crippen molar-refractivity contribution in [1.82, 2.24) is 0 Å². The van der Waals surface area contributed by atoms with Gasteiger partial charge in [-0.15, -0.1) is 0 Å². The molecule has 8 nitrogen and oxygen atoms in total. The van der Waals surface area contributed by atoms with Crippen molar-refractivity contribution in [2.45, 2.75) is 104 Å². The molecule has 3 saturated carbocycles. The largest absolute Gasteiger partial charge is 0.463 e. The third-order valence-electron chi connectivity index (χ3n) is 12.9. The number of esters is 2. The van der Waals surface area contributed by atoms with Gasteiger partial charge in [0, 0.05) is 24.2 Å². The lowest BCUT2D eigenvalue weighted by Gasteiger charge is -2.61. The van der Waals surface area contributed by atoms with E-state index in [1.165, 1.54) is 12.5 Å². The van der Waals surface area contributed by atoms with Crippen LogP contribution in [0.25, 0.3) is 0 Å². The highest BCUT2D eigenvalue weighted by Gasteiger charge is 2.71. The molecular weight excluding hydrogens is 558 g/mol. The standard InChI is InChI=1S/C36H47NO7/c1-20-15-30(37-40)36(41-19-20)21(2)32-29(44-36)17-28-26-12-11-24-16-25(42-22(3)38)13-14-34(24,4)27(26)18-31(35(28,32)5)43-33(39)23-9-7-6-8-10-23/h6-10,17,20-21,24-27,29,31-32,40H,11-16,18-19H2,1-5H3/b37-30+/t20-,21+,24+,25+,26-,27+,29+,31-,32+,34+,35-,36+/m1/s1. The Balaban J connectivity index is 1.26. The number of rotatable bonds is 3. The second-order valence-corrected chi connectivity index (χ2v) is 15.1. The van der Waals surface area contributed by atoms with Crippen LogP contribution in [0.1, 0.15) is 89.9 Å². The van der Waals surface area contributed by atoms with Crippen molar-refractivity contribution >= 4 is 17.7 Å². The molecule has 2 heterocycles. The first-order chi connectivity index (χ1) is 21.0. The number of ether oxygens (including phenoxy) is 4. The fourth-order valence-corrected chi connectivity index (χ4v) is 10.8. The van der Waals surface area contributed by atoms with Gasteiger partial charge in [-0.25, -0.2) is 4.79 Å². The number of benzene rings is 1. The Labute approximate surface area is 260 Å². The summed E-state index contributed by atoms with van der Waals surface area (Å²) in [5.41, 5.74) is 2.08. The van der Waals surface area contributed by atoms with Crippen molar-refractivity contribution in [3.63, 3.8) is 0 Å². The van der Waals surface area contributed by atoms with Gasteiger partial charge in [0.25, 0.3) is 0 Å². The maximum atomic E-state index is 13.7. The number of oxime groups is 1. The Morgan fingerprint density at radius 2 is 1.82 bits per heavy atom. The summed E-state index contributed by atoms with van der Waals surface area (Å²) in [4.78, 5) is 25.5. The van der Waals surface area contributed by atoms with Gasteiger partial charge in [-0.1, -0.05) is 62.7 Å². The average Bonchev–Trinajstić information content (AvgIpc) is 3.46. The maximum Gasteiger partial charge on any atom is 0.338 e. The molecule has 0 aromatic heterocycles. The monoisotopic (exact) mass is 605 g/mol. The van der Waals surface area contributed by atoms with Crippen molar-refractivity contribution in [3.05, 3.63) is 47.5 Å². The van der Waals surface area contributed by atoms with Gasteiger partial charge in [0.15, 0.2) is 0 Å². The summed E-state index contributed by atoms with van der Waals surface area (Å²) in [5.74, 6) is -0.266. The van der Waals surface area contributed by atoms with Crippen LogP contribution in [0.4, 0.5) is 0 Å². The molecule has 0 bridgehead atoms. The van der Waals surface area contributed by atoms with Crippen molar-refractivity contribution in [1.29, 1.82) is 0 Å². The van der Waals surface area contributed by atoms with Gasteiger partial charge < -0.3 is 24.2 Å². The molecule has 1 aromatic carbocycles. The normalized spacial score (nSPS) is 46.8. The van der Waals surface area contributed by atoms with Gasteiger partial charge in [0.2, 0.25) is 5.79 Å². The molecule has 44 heavy (non-hydrogen) atoms. The van der Waals surface area contributed by atoms with Gasteiger partial charge in [-0.3, -0.25) is 4.79 Å². The summed E-state index contributed by atoms with van der Waals surface area (Å²) in [6.45, 7) is 11.0. The fourth-order valence-electron chi connectivity index (χ4n) is 10.8. The lowest BCUT2D eigenvalue weighted by atomic mass is 9.44. The van der Waals surface area contributed by atoms with Gasteiger partial charge in [-0.2, -0.15) is 0 Å². The van der Waals surface area contributed by atoms with Gasteiger partial charge in [0.05, 0.1) is 18.3 Å². The van der Waals surface area contributed by atoms with Crippen LogP contribution in [0.2, 0.25) is 0 Å². The summed E-state index contributed by atoms with van der Waals surface area (Å²) in [6, 6.07) is 9.28. The molecule has 8 heteroatoms. The summed E-state index contributed by atoms with van der Waals surface area (Å²) >= 11 is 0. The van der Waals surface area contributed by atoms with E-state index >= 15 is 0 Å². The Morgan fingerprint density at radius 3 is 2.55 bits per heavy atom. The Bertz CT molecular complexity index is 1380. The summed E-state index contributed by atoms with van der Waals surface area (Å²) < 4.78 is 25.6. The van der Waals surface area contributed by atoms with Crippen molar-refractivity contribution in [2.75, 3.05) is 6.61 Å². The number of carbonyl (C=O) groups excluding carboxylic acids is 2. The van der Waals surface area contributed by atoms with Crippen molar-refractivity contribution in [3.8, 4) is 0 Å². The highest BCUT2D eigenvalue weighted by atomic mass is 16.7. The SMILES string of the molecule is CC(=O)O[C@H]1CC[C@@]2(C)[C@@H](CC[C@H]3C4=C[C@@H]5O[C@@]6(OC[C@H](C)C/C6=N\O)[C@@H](C)[C@@H]5[C@@]4(C)[C@H](OC(=O)c4ccccc4)C[C@@H]32)C1. The van der Waals surface area contributed by atoms with E-state index in [1.54, 1.807) is 0 Å². The zero-order valence-electron chi connectivity index (χ0n) is 26.7. The Kier molecular flexibility index (Phi) is 7.28. The topological polar surface area (TPSA) is 104 Å². The van der Waals surface area contributed by atoms with E-state index in [2.05, 4.69) is 38.9 Å². The number of fused-ring (bicyclic) bond motifs is 7. The Morgan fingerprint density at radius 1 is 1.05 bits per heavy atom. The number of hydrogen-bond donors (Lipinski definition) is 1. The van der Waals surface area contributed by atoms with Gasteiger partial charge >= 0.3 is 11.9 Å². The highest BCUT2D eigenvalue weighted by molar-refractivity contribution is 5.92. The van der Waals surface area contributed by atoms with Gasteiger partial charge in [0.1, 0.15) is 17.9 Å². The smallest absolute Gasteiger partial charge is 0.338 e. The van der Waals surface area contributed by atoms with E-state index in [9.17, 15) is 14.8 Å². The quantitative estimate of drug-likeness (QED) is 0.180. The number of carbonyl (C=O) groups is 2. The molecule has 2 saturated heterocycles. The third-order valence-corrected chi connectivity index (χ3v) is 12.9. The highest BCUT2D eigenvalue weighted by Crippen LogP contribution is 2.70. The molecule has 12 atom stereocenters. The summed E-state index contributed by atoms with van der Waals surface area (Å²) in [5, 5.41) is 13.8. The van der Waals surface area contributed by atoms with E-state index in [-0.39, 0.29) is 53.4 Å². The summed E-state index contributed by atoms with van der Waals surface area (Å²) in [6.07, 6.45) is 8.07. The molecule has 5 fully saturated rings. The van der Waals surface area contributed by atoms with E-state index in [1.807, 2.05) is 30.3 Å². The molecule has 7 rings (SSSR count). The molecule has 6 aliphatic rings. The lowest BCUT2D eigenvalue weighted by molar-refractivity contribution is -0.206. The first-order valence-electron chi connectivity index (χ1n) is 16.7. The molecule has 1 N–H and O–H groups in total. The predicted octanol–water partition coefficient (Wildman–Crippen LogP) is 6.56. The molecule has 1 aromatic rings. The zero-order valence-corrected chi connectivity index (χ0v) is 26.7. The summed E-state index contributed by atoms with van der Waals surface area (Å²) in [7, 11) is 0. The first kappa shape index (κ1) is 30.0. The van der Waals surface area contributed by atoms with E-state index in [4.69, 9.17) is 18.9 Å². The minimum absolute atomic E-state index is 0.00223. The molecule has 0 unspecified atom stereocenters. The zero-order chi connectivity index (χ0) is 31.0. The lowest BCUT2D eigenvalue weighted by Crippen LogP contribution is -2.59. The average molecular weight is 606 g/mol. The number of nitrogens with zero attached hydrogens (tertiary/aromatic N) is 1. The minimum atomic E-state index is -1.08. The molecule has 2 aliphatic heterocycles.